The van der Waals surface area contributed by atoms with E-state index in [-0.39, 0.29) is 11.7 Å². The number of nitrogen functional groups attached to an aromatic ring is 1. The molecule has 0 aliphatic rings. The van der Waals surface area contributed by atoms with Crippen LogP contribution in [-0.2, 0) is 0 Å². The normalized spacial score (nSPS) is 10.6. The fourth-order valence-corrected chi connectivity index (χ4v) is 2.67. The molecule has 0 fully saturated rings. The lowest BCUT2D eigenvalue weighted by atomic mass is 10.2. The van der Waals surface area contributed by atoms with Crippen LogP contribution in [0.5, 0.6) is 0 Å². The van der Waals surface area contributed by atoms with E-state index in [2.05, 4.69) is 16.3 Å². The predicted octanol–water partition coefficient (Wildman–Crippen LogP) is 1.76. The molecule has 0 atom stereocenters. The Morgan fingerprint density at radius 1 is 1.53 bits per heavy atom. The van der Waals surface area contributed by atoms with Gasteiger partial charge in [-0.25, -0.2) is 9.89 Å². The maximum atomic E-state index is 11.6. The number of nitrogens with zero attached hydrogens (tertiary/aromatic N) is 3. The van der Waals surface area contributed by atoms with E-state index in [0.717, 1.165) is 4.90 Å². The molecule has 98 valence electrons. The Balaban J connectivity index is 2.43. The molecule has 0 spiro atoms. The summed E-state index contributed by atoms with van der Waals surface area (Å²) in [5.74, 6) is 0. The minimum atomic E-state index is -0.258. The molecule has 7 heteroatoms. The minimum Gasteiger partial charge on any atom is -0.399 e. The highest BCUT2D eigenvalue weighted by molar-refractivity contribution is 7.99. The van der Waals surface area contributed by atoms with E-state index in [1.54, 1.807) is 22.8 Å². The van der Waals surface area contributed by atoms with E-state index >= 15 is 0 Å². The first-order valence-corrected chi connectivity index (χ1v) is 6.49. The SMILES string of the molecule is CC(C)n1c(Sc2ccc(N)cc2C#N)n[nH]c1=O. The lowest BCUT2D eigenvalue weighted by molar-refractivity contribution is 0.534. The Morgan fingerprint density at radius 2 is 2.26 bits per heavy atom. The van der Waals surface area contributed by atoms with Crippen LogP contribution in [-0.4, -0.2) is 14.8 Å². The van der Waals surface area contributed by atoms with Crippen molar-refractivity contribution in [3.63, 3.8) is 0 Å². The molecule has 6 nitrogen and oxygen atoms in total. The van der Waals surface area contributed by atoms with Gasteiger partial charge in [0.25, 0.3) is 0 Å². The topological polar surface area (TPSA) is 100 Å². The summed E-state index contributed by atoms with van der Waals surface area (Å²) in [6.45, 7) is 3.80. The highest BCUT2D eigenvalue weighted by atomic mass is 32.2. The van der Waals surface area contributed by atoms with Gasteiger partial charge in [-0.1, -0.05) is 0 Å². The molecule has 3 N–H and O–H groups in total. The Labute approximate surface area is 114 Å². The summed E-state index contributed by atoms with van der Waals surface area (Å²) in [5.41, 5.74) is 6.38. The quantitative estimate of drug-likeness (QED) is 0.831. The molecule has 19 heavy (non-hydrogen) atoms. The molecule has 1 aromatic carbocycles. The largest absolute Gasteiger partial charge is 0.399 e. The van der Waals surface area contributed by atoms with Crippen LogP contribution < -0.4 is 11.4 Å². The summed E-state index contributed by atoms with van der Waals surface area (Å²) >= 11 is 1.27. The Hall–Kier alpha value is -2.20. The first-order valence-electron chi connectivity index (χ1n) is 5.67. The third kappa shape index (κ3) is 2.63. The van der Waals surface area contributed by atoms with Crippen LogP contribution in [0.2, 0.25) is 0 Å². The summed E-state index contributed by atoms with van der Waals surface area (Å²) < 4.78 is 1.54. The number of rotatable bonds is 3. The van der Waals surface area contributed by atoms with Crippen molar-refractivity contribution in [1.82, 2.24) is 14.8 Å². The smallest absolute Gasteiger partial charge is 0.344 e. The first-order chi connectivity index (χ1) is 9.02. The molecule has 0 saturated heterocycles. The van der Waals surface area contributed by atoms with Crippen molar-refractivity contribution in [2.24, 2.45) is 0 Å². The standard InChI is InChI=1S/C12H13N5OS/c1-7(2)17-11(18)15-16-12(17)19-10-4-3-9(14)5-8(10)6-13/h3-5,7H,14H2,1-2H3,(H,15,18). The summed E-state index contributed by atoms with van der Waals surface area (Å²) in [7, 11) is 0. The Bertz CT molecular complexity index is 695. The van der Waals surface area contributed by atoms with E-state index < -0.39 is 0 Å². The van der Waals surface area contributed by atoms with Gasteiger partial charge in [-0.15, -0.1) is 5.10 Å². The number of hydrogen-bond acceptors (Lipinski definition) is 5. The summed E-state index contributed by atoms with van der Waals surface area (Å²) in [5, 5.41) is 16.0. The van der Waals surface area contributed by atoms with Crippen LogP contribution in [0.25, 0.3) is 0 Å². The number of nitriles is 1. The zero-order chi connectivity index (χ0) is 14.0. The van der Waals surface area contributed by atoms with Crippen LogP contribution in [0.1, 0.15) is 25.5 Å². The van der Waals surface area contributed by atoms with E-state index in [1.807, 2.05) is 13.8 Å². The van der Waals surface area contributed by atoms with E-state index in [0.29, 0.717) is 16.4 Å². The molecule has 2 aromatic rings. The van der Waals surface area contributed by atoms with E-state index in [9.17, 15) is 4.79 Å². The molecule has 0 bridgehead atoms. The molecule has 0 radical (unpaired) electrons. The van der Waals surface area contributed by atoms with Crippen molar-refractivity contribution in [2.75, 3.05) is 5.73 Å². The maximum Gasteiger partial charge on any atom is 0.344 e. The molecule has 1 heterocycles. The molecule has 1 aromatic heterocycles. The van der Waals surface area contributed by atoms with Gasteiger partial charge in [-0.3, -0.25) is 4.57 Å². The highest BCUT2D eigenvalue weighted by Gasteiger charge is 2.14. The van der Waals surface area contributed by atoms with Gasteiger partial charge in [0.1, 0.15) is 6.07 Å². The number of hydrogen-bond donors (Lipinski definition) is 2. The van der Waals surface area contributed by atoms with Gasteiger partial charge in [0.15, 0.2) is 5.16 Å². The average molecular weight is 275 g/mol. The van der Waals surface area contributed by atoms with Crippen molar-refractivity contribution in [3.05, 3.63) is 34.2 Å². The van der Waals surface area contributed by atoms with Gasteiger partial charge in [0, 0.05) is 16.6 Å². The molecule has 0 unspecified atom stereocenters. The Kier molecular flexibility index (Phi) is 3.62. The number of nitrogens with two attached hydrogens (primary N) is 1. The fraction of sp³-hybridized carbons (Fsp3) is 0.250. The summed E-state index contributed by atoms with van der Waals surface area (Å²) in [6.07, 6.45) is 0. The zero-order valence-corrected chi connectivity index (χ0v) is 11.4. The van der Waals surface area contributed by atoms with Crippen LogP contribution in [0.4, 0.5) is 5.69 Å². The number of anilines is 1. The van der Waals surface area contributed by atoms with E-state index in [4.69, 9.17) is 11.0 Å². The number of nitrogens with one attached hydrogen (secondary N) is 1. The third-order valence-corrected chi connectivity index (χ3v) is 3.56. The van der Waals surface area contributed by atoms with Gasteiger partial charge in [-0.05, 0) is 43.8 Å². The monoisotopic (exact) mass is 275 g/mol. The lowest BCUT2D eigenvalue weighted by Crippen LogP contribution is -2.19. The Morgan fingerprint density at radius 3 is 2.89 bits per heavy atom. The van der Waals surface area contributed by atoms with Crippen molar-refractivity contribution < 1.29 is 0 Å². The van der Waals surface area contributed by atoms with Crippen molar-refractivity contribution in [3.8, 4) is 6.07 Å². The number of aromatic amines is 1. The summed E-state index contributed by atoms with van der Waals surface area (Å²) in [6, 6.07) is 7.15. The van der Waals surface area contributed by atoms with Crippen LogP contribution >= 0.6 is 11.8 Å². The van der Waals surface area contributed by atoms with Crippen molar-refractivity contribution >= 4 is 17.4 Å². The zero-order valence-electron chi connectivity index (χ0n) is 10.5. The second-order valence-electron chi connectivity index (χ2n) is 4.24. The minimum absolute atomic E-state index is 0.00642. The molecular formula is C12H13N5OS. The number of aromatic nitrogens is 3. The highest BCUT2D eigenvalue weighted by Crippen LogP contribution is 2.30. The van der Waals surface area contributed by atoms with Gasteiger partial charge < -0.3 is 5.73 Å². The molecular weight excluding hydrogens is 262 g/mol. The first kappa shape index (κ1) is 13.2. The molecule has 0 amide bonds. The second-order valence-corrected chi connectivity index (χ2v) is 5.25. The molecule has 2 rings (SSSR count). The third-order valence-electron chi connectivity index (χ3n) is 2.51. The maximum absolute atomic E-state index is 11.6. The number of benzene rings is 1. The summed E-state index contributed by atoms with van der Waals surface area (Å²) in [4.78, 5) is 12.3. The van der Waals surface area contributed by atoms with Crippen molar-refractivity contribution in [1.29, 1.82) is 5.26 Å². The van der Waals surface area contributed by atoms with Gasteiger partial charge >= 0.3 is 5.69 Å². The van der Waals surface area contributed by atoms with E-state index in [1.165, 1.54) is 11.8 Å². The molecule has 0 aliphatic carbocycles. The van der Waals surface area contributed by atoms with Crippen LogP contribution in [0, 0.1) is 11.3 Å². The van der Waals surface area contributed by atoms with Gasteiger partial charge in [0.2, 0.25) is 0 Å². The lowest BCUT2D eigenvalue weighted by Gasteiger charge is -2.09. The fourth-order valence-electron chi connectivity index (χ4n) is 1.64. The van der Waals surface area contributed by atoms with Crippen LogP contribution in [0.3, 0.4) is 0 Å². The van der Waals surface area contributed by atoms with Crippen molar-refractivity contribution in [2.45, 2.75) is 29.9 Å². The molecule has 0 aliphatic heterocycles. The van der Waals surface area contributed by atoms with Gasteiger partial charge in [0.05, 0.1) is 5.56 Å². The average Bonchev–Trinajstić information content (AvgIpc) is 2.72. The van der Waals surface area contributed by atoms with Gasteiger partial charge in [-0.2, -0.15) is 5.26 Å². The second kappa shape index (κ2) is 5.20. The number of H-pyrrole nitrogens is 1. The van der Waals surface area contributed by atoms with Crippen LogP contribution in [0.15, 0.2) is 33.0 Å². The predicted molar refractivity (Wildman–Crippen MR) is 72.9 cm³/mol. The molecule has 0 saturated carbocycles.